The molecule has 0 aliphatic heterocycles. The first kappa shape index (κ1) is 9.96. The fraction of sp³-hybridized carbons (Fsp3) is 1.00. The van der Waals surface area contributed by atoms with E-state index in [9.17, 15) is 5.11 Å². The Hall–Kier alpha value is -0.0400. The molecule has 0 heterocycles. The monoisotopic (exact) mass is 144 g/mol. The fourth-order valence-electron chi connectivity index (χ4n) is 1.49. The van der Waals surface area contributed by atoms with Crippen molar-refractivity contribution in [3.05, 3.63) is 0 Å². The van der Waals surface area contributed by atoms with E-state index in [1.807, 2.05) is 6.92 Å². The van der Waals surface area contributed by atoms with E-state index in [1.54, 1.807) is 0 Å². The van der Waals surface area contributed by atoms with Gasteiger partial charge in [0.1, 0.15) is 0 Å². The molecule has 0 aliphatic carbocycles. The minimum atomic E-state index is -0.0926. The largest absolute Gasteiger partial charge is 0.393 e. The van der Waals surface area contributed by atoms with Crippen LogP contribution in [0.2, 0.25) is 0 Å². The summed E-state index contributed by atoms with van der Waals surface area (Å²) >= 11 is 0. The lowest BCUT2D eigenvalue weighted by Gasteiger charge is -2.23. The van der Waals surface area contributed by atoms with Crippen molar-refractivity contribution in [1.29, 1.82) is 0 Å². The number of hydrogen-bond acceptors (Lipinski definition) is 1. The molecule has 0 saturated carbocycles. The molecule has 0 bridgehead atoms. The lowest BCUT2D eigenvalue weighted by molar-refractivity contribution is 0.0757. The van der Waals surface area contributed by atoms with Crippen LogP contribution in [0, 0.1) is 11.8 Å². The van der Waals surface area contributed by atoms with Crippen molar-refractivity contribution in [2.24, 2.45) is 11.8 Å². The zero-order chi connectivity index (χ0) is 8.15. The molecule has 0 amide bonds. The first-order valence-corrected chi connectivity index (χ1v) is 4.31. The standard InChI is InChI=1S/C9H20O/c1-5-8(7(3)4)9(10)6-2/h7-10H,5-6H2,1-4H3/t8-,9-/m0/s1. The Morgan fingerprint density at radius 1 is 1.10 bits per heavy atom. The third-order valence-corrected chi connectivity index (χ3v) is 2.24. The Kier molecular flexibility index (Phi) is 4.71. The van der Waals surface area contributed by atoms with Crippen LogP contribution in [0.15, 0.2) is 0 Å². The molecule has 0 aromatic heterocycles. The normalized spacial score (nSPS) is 17.4. The first-order chi connectivity index (χ1) is 4.63. The third-order valence-electron chi connectivity index (χ3n) is 2.24. The summed E-state index contributed by atoms with van der Waals surface area (Å²) in [6.45, 7) is 8.53. The number of aliphatic hydroxyl groups is 1. The third kappa shape index (κ3) is 2.70. The van der Waals surface area contributed by atoms with Gasteiger partial charge in [-0.2, -0.15) is 0 Å². The molecule has 1 heteroatoms. The van der Waals surface area contributed by atoms with Gasteiger partial charge in [-0.3, -0.25) is 0 Å². The van der Waals surface area contributed by atoms with E-state index in [4.69, 9.17) is 0 Å². The molecule has 0 radical (unpaired) electrons. The van der Waals surface area contributed by atoms with Crippen LogP contribution in [0.3, 0.4) is 0 Å². The van der Waals surface area contributed by atoms with Crippen molar-refractivity contribution in [2.75, 3.05) is 0 Å². The summed E-state index contributed by atoms with van der Waals surface area (Å²) in [5.41, 5.74) is 0. The van der Waals surface area contributed by atoms with E-state index in [0.29, 0.717) is 11.8 Å². The average Bonchev–Trinajstić information content (AvgIpc) is 1.88. The highest BCUT2D eigenvalue weighted by atomic mass is 16.3. The van der Waals surface area contributed by atoms with Crippen LogP contribution >= 0.6 is 0 Å². The van der Waals surface area contributed by atoms with Crippen LogP contribution in [0.5, 0.6) is 0 Å². The van der Waals surface area contributed by atoms with Crippen molar-refractivity contribution in [3.63, 3.8) is 0 Å². The molecular formula is C9H20O. The van der Waals surface area contributed by atoms with Crippen molar-refractivity contribution in [3.8, 4) is 0 Å². The molecule has 0 saturated heterocycles. The highest BCUT2D eigenvalue weighted by Crippen LogP contribution is 2.20. The lowest BCUT2D eigenvalue weighted by atomic mass is 9.87. The van der Waals surface area contributed by atoms with Crippen LogP contribution < -0.4 is 0 Å². The molecule has 0 spiro atoms. The molecule has 1 N–H and O–H groups in total. The zero-order valence-corrected chi connectivity index (χ0v) is 7.59. The first-order valence-electron chi connectivity index (χ1n) is 4.31. The quantitative estimate of drug-likeness (QED) is 0.642. The second kappa shape index (κ2) is 4.73. The van der Waals surface area contributed by atoms with Gasteiger partial charge in [-0.25, -0.2) is 0 Å². The number of aliphatic hydroxyl groups excluding tert-OH is 1. The highest BCUT2D eigenvalue weighted by molar-refractivity contribution is 4.68. The van der Waals surface area contributed by atoms with Gasteiger partial charge in [0, 0.05) is 0 Å². The summed E-state index contributed by atoms with van der Waals surface area (Å²) in [6, 6.07) is 0. The van der Waals surface area contributed by atoms with Crippen LogP contribution in [-0.2, 0) is 0 Å². The molecule has 62 valence electrons. The predicted octanol–water partition coefficient (Wildman–Crippen LogP) is 2.44. The van der Waals surface area contributed by atoms with E-state index in [1.165, 1.54) is 0 Å². The van der Waals surface area contributed by atoms with Gasteiger partial charge in [-0.1, -0.05) is 34.1 Å². The molecule has 10 heavy (non-hydrogen) atoms. The Morgan fingerprint density at radius 2 is 1.60 bits per heavy atom. The maximum atomic E-state index is 9.49. The summed E-state index contributed by atoms with van der Waals surface area (Å²) in [5.74, 6) is 1.10. The smallest absolute Gasteiger partial charge is 0.0568 e. The van der Waals surface area contributed by atoms with Gasteiger partial charge in [-0.15, -0.1) is 0 Å². The summed E-state index contributed by atoms with van der Waals surface area (Å²) in [7, 11) is 0. The molecule has 0 rings (SSSR count). The van der Waals surface area contributed by atoms with Gasteiger partial charge in [0.15, 0.2) is 0 Å². The van der Waals surface area contributed by atoms with E-state index < -0.39 is 0 Å². The van der Waals surface area contributed by atoms with Crippen molar-refractivity contribution < 1.29 is 5.11 Å². The molecular weight excluding hydrogens is 124 g/mol. The van der Waals surface area contributed by atoms with E-state index in [2.05, 4.69) is 20.8 Å². The maximum Gasteiger partial charge on any atom is 0.0568 e. The van der Waals surface area contributed by atoms with Gasteiger partial charge in [0.2, 0.25) is 0 Å². The van der Waals surface area contributed by atoms with Gasteiger partial charge in [0.25, 0.3) is 0 Å². The van der Waals surface area contributed by atoms with Gasteiger partial charge in [-0.05, 0) is 18.3 Å². The minimum Gasteiger partial charge on any atom is -0.393 e. The van der Waals surface area contributed by atoms with Crippen molar-refractivity contribution in [2.45, 2.75) is 46.6 Å². The van der Waals surface area contributed by atoms with Crippen LogP contribution in [0.1, 0.15) is 40.5 Å². The molecule has 0 aromatic carbocycles. The minimum absolute atomic E-state index is 0.0926. The second-order valence-electron chi connectivity index (χ2n) is 3.29. The van der Waals surface area contributed by atoms with E-state index in [0.717, 1.165) is 12.8 Å². The number of rotatable bonds is 4. The SMILES string of the molecule is CC[C@H](O)[C@@H](CC)C(C)C. The summed E-state index contributed by atoms with van der Waals surface area (Å²) < 4.78 is 0. The van der Waals surface area contributed by atoms with Gasteiger partial charge < -0.3 is 5.11 Å². The topological polar surface area (TPSA) is 20.2 Å². The molecule has 0 fully saturated rings. The van der Waals surface area contributed by atoms with Gasteiger partial charge in [0.05, 0.1) is 6.10 Å². The zero-order valence-electron chi connectivity index (χ0n) is 7.59. The summed E-state index contributed by atoms with van der Waals surface area (Å²) in [4.78, 5) is 0. The Labute approximate surface area is 64.5 Å². The van der Waals surface area contributed by atoms with Crippen LogP contribution in [0.4, 0.5) is 0 Å². The molecule has 2 atom stereocenters. The summed E-state index contributed by atoms with van der Waals surface area (Å²) in [6.07, 6.45) is 1.88. The van der Waals surface area contributed by atoms with Gasteiger partial charge >= 0.3 is 0 Å². The van der Waals surface area contributed by atoms with Crippen molar-refractivity contribution >= 4 is 0 Å². The molecule has 0 unspecified atom stereocenters. The summed E-state index contributed by atoms with van der Waals surface area (Å²) in [5, 5.41) is 9.49. The highest BCUT2D eigenvalue weighted by Gasteiger charge is 2.18. The van der Waals surface area contributed by atoms with E-state index >= 15 is 0 Å². The maximum absolute atomic E-state index is 9.49. The number of hydrogen-bond donors (Lipinski definition) is 1. The lowest BCUT2D eigenvalue weighted by Crippen LogP contribution is -2.23. The fourth-order valence-corrected chi connectivity index (χ4v) is 1.49. The Bertz CT molecular complexity index is 78.8. The Morgan fingerprint density at radius 3 is 1.70 bits per heavy atom. The molecule has 0 aromatic rings. The average molecular weight is 144 g/mol. The van der Waals surface area contributed by atoms with E-state index in [-0.39, 0.29) is 6.10 Å². The predicted molar refractivity (Wildman–Crippen MR) is 44.9 cm³/mol. The molecule has 0 aliphatic rings. The Balaban J connectivity index is 3.80. The van der Waals surface area contributed by atoms with Crippen LogP contribution in [0.25, 0.3) is 0 Å². The molecule has 1 nitrogen and oxygen atoms in total. The van der Waals surface area contributed by atoms with Crippen LogP contribution in [-0.4, -0.2) is 11.2 Å². The van der Waals surface area contributed by atoms with Crippen molar-refractivity contribution in [1.82, 2.24) is 0 Å². The second-order valence-corrected chi connectivity index (χ2v) is 3.29.